The van der Waals surface area contributed by atoms with Crippen LogP contribution < -0.4 is 9.47 Å². The quantitative estimate of drug-likeness (QED) is 0.236. The third kappa shape index (κ3) is 4.48. The number of nitrogens with zero attached hydrogens (tertiary/aromatic N) is 2. The van der Waals surface area contributed by atoms with Gasteiger partial charge in [-0.25, -0.2) is 5.01 Å². The second-order valence-electron chi connectivity index (χ2n) is 8.63. The highest BCUT2D eigenvalue weighted by molar-refractivity contribution is 9.11. The maximum Gasteiger partial charge on any atom is 0.213 e. The summed E-state index contributed by atoms with van der Waals surface area (Å²) in [7, 11) is 0. The molecule has 2 heterocycles. The first-order chi connectivity index (χ1) is 17.2. The monoisotopic (exact) mass is 588 g/mol. The molecule has 0 amide bonds. The molecule has 2 aliphatic rings. The average Bonchev–Trinajstić information content (AvgIpc) is 3.35. The molecule has 0 aromatic heterocycles. The Morgan fingerprint density at radius 3 is 2.34 bits per heavy atom. The second kappa shape index (κ2) is 9.51. The molecule has 2 atom stereocenters. The third-order valence-electron chi connectivity index (χ3n) is 6.33. The lowest BCUT2D eigenvalue weighted by atomic mass is 9.96. The molecule has 174 valence electrons. The molecule has 35 heavy (non-hydrogen) atoms. The number of hydrazone groups is 1. The molecule has 4 aromatic rings. The van der Waals surface area contributed by atoms with Crippen LogP contribution in [-0.2, 0) is 6.61 Å². The van der Waals surface area contributed by atoms with Gasteiger partial charge in [-0.3, -0.25) is 0 Å². The minimum Gasteiger partial charge on any atom is -0.489 e. The molecule has 4 nitrogen and oxygen atoms in total. The Kier molecular flexibility index (Phi) is 6.08. The number of rotatable bonds is 5. The van der Waals surface area contributed by atoms with Crippen molar-refractivity contribution in [3.05, 3.63) is 128 Å². The lowest BCUT2D eigenvalue weighted by Crippen LogP contribution is -2.33. The highest BCUT2D eigenvalue weighted by atomic mass is 79.9. The summed E-state index contributed by atoms with van der Waals surface area (Å²) >= 11 is 7.36. The van der Waals surface area contributed by atoms with Gasteiger partial charge in [-0.2, -0.15) is 5.10 Å². The molecule has 0 bridgehead atoms. The van der Waals surface area contributed by atoms with Crippen molar-refractivity contribution in [3.8, 4) is 11.5 Å². The molecule has 0 spiro atoms. The summed E-state index contributed by atoms with van der Waals surface area (Å²) in [6.07, 6.45) is 0.479. The van der Waals surface area contributed by atoms with Crippen LogP contribution in [-0.4, -0.2) is 10.7 Å². The number of hydrogen-bond donors (Lipinski definition) is 0. The van der Waals surface area contributed by atoms with E-state index < -0.39 is 0 Å². The summed E-state index contributed by atoms with van der Waals surface area (Å²) in [4.78, 5) is 0. The van der Waals surface area contributed by atoms with Gasteiger partial charge in [-0.1, -0.05) is 76.6 Å². The molecule has 0 fully saturated rings. The predicted octanol–water partition coefficient (Wildman–Crippen LogP) is 8.03. The normalized spacial score (nSPS) is 18.3. The van der Waals surface area contributed by atoms with Gasteiger partial charge in [0.1, 0.15) is 18.1 Å². The summed E-state index contributed by atoms with van der Waals surface area (Å²) < 4.78 is 14.5. The predicted molar refractivity (Wildman–Crippen MR) is 145 cm³/mol. The van der Waals surface area contributed by atoms with E-state index in [1.807, 2.05) is 42.5 Å². The largest absolute Gasteiger partial charge is 0.489 e. The smallest absolute Gasteiger partial charge is 0.213 e. The van der Waals surface area contributed by atoms with Crippen LogP contribution in [0.1, 0.15) is 40.9 Å². The molecule has 2 unspecified atom stereocenters. The van der Waals surface area contributed by atoms with Gasteiger partial charge in [0.15, 0.2) is 0 Å². The fourth-order valence-electron chi connectivity index (χ4n) is 4.61. The van der Waals surface area contributed by atoms with Crippen LogP contribution in [0.5, 0.6) is 11.5 Å². The first-order valence-electron chi connectivity index (χ1n) is 11.5. The van der Waals surface area contributed by atoms with Gasteiger partial charge in [-0.05, 0) is 63.5 Å². The van der Waals surface area contributed by atoms with E-state index in [4.69, 9.17) is 14.6 Å². The van der Waals surface area contributed by atoms with Gasteiger partial charge in [-0.15, -0.1) is 0 Å². The highest BCUT2D eigenvalue weighted by Crippen LogP contribution is 2.50. The zero-order chi connectivity index (χ0) is 23.8. The molecule has 0 aliphatic carbocycles. The van der Waals surface area contributed by atoms with E-state index in [0.717, 1.165) is 54.8 Å². The van der Waals surface area contributed by atoms with Gasteiger partial charge in [0.2, 0.25) is 6.23 Å². The van der Waals surface area contributed by atoms with E-state index in [1.54, 1.807) is 0 Å². The van der Waals surface area contributed by atoms with Gasteiger partial charge < -0.3 is 9.47 Å². The summed E-state index contributed by atoms with van der Waals surface area (Å²) in [5, 5.41) is 7.16. The van der Waals surface area contributed by atoms with Gasteiger partial charge >= 0.3 is 0 Å². The van der Waals surface area contributed by atoms with Crippen LogP contribution in [0.3, 0.4) is 0 Å². The molecule has 0 radical (unpaired) electrons. The van der Waals surface area contributed by atoms with Crippen LogP contribution in [0.25, 0.3) is 0 Å². The fourth-order valence-corrected chi connectivity index (χ4v) is 5.96. The van der Waals surface area contributed by atoms with E-state index in [2.05, 4.69) is 91.5 Å². The lowest BCUT2D eigenvalue weighted by molar-refractivity contribution is -0.0197. The maximum absolute atomic E-state index is 6.58. The summed E-state index contributed by atoms with van der Waals surface area (Å²) in [5.74, 6) is 1.69. The minimum atomic E-state index is -0.339. The Balaban J connectivity index is 1.32. The molecular formula is C29H22Br2N2O2. The Morgan fingerprint density at radius 2 is 1.60 bits per heavy atom. The maximum atomic E-state index is 6.58. The van der Waals surface area contributed by atoms with Crippen molar-refractivity contribution in [2.45, 2.75) is 25.3 Å². The van der Waals surface area contributed by atoms with Crippen LogP contribution >= 0.6 is 31.9 Å². The van der Waals surface area contributed by atoms with Crippen molar-refractivity contribution < 1.29 is 9.47 Å². The Morgan fingerprint density at radius 1 is 0.886 bits per heavy atom. The SMILES string of the molecule is Brc1cc(Br)c2c(c1)C1CC(c3ccccc3)=NN1C(c1ccc(OCc3ccccc3)cc1)O2. The fraction of sp³-hybridized carbons (Fsp3) is 0.138. The lowest BCUT2D eigenvalue weighted by Gasteiger charge is -2.38. The Labute approximate surface area is 221 Å². The van der Waals surface area contributed by atoms with E-state index in [9.17, 15) is 0 Å². The highest BCUT2D eigenvalue weighted by Gasteiger charge is 2.41. The zero-order valence-electron chi connectivity index (χ0n) is 18.8. The first kappa shape index (κ1) is 22.4. The van der Waals surface area contributed by atoms with Gasteiger partial charge in [0, 0.05) is 22.0 Å². The van der Waals surface area contributed by atoms with Crippen molar-refractivity contribution in [2.75, 3.05) is 0 Å². The molecule has 6 rings (SSSR count). The number of benzene rings is 4. The van der Waals surface area contributed by atoms with Crippen molar-refractivity contribution in [2.24, 2.45) is 5.10 Å². The molecular weight excluding hydrogens is 568 g/mol. The zero-order valence-corrected chi connectivity index (χ0v) is 21.9. The molecule has 2 aliphatic heterocycles. The minimum absolute atomic E-state index is 0.0850. The van der Waals surface area contributed by atoms with Crippen molar-refractivity contribution >= 4 is 37.6 Å². The summed E-state index contributed by atoms with van der Waals surface area (Å²) in [6, 6.07) is 32.9. The van der Waals surface area contributed by atoms with E-state index >= 15 is 0 Å². The second-order valence-corrected chi connectivity index (χ2v) is 10.4. The topological polar surface area (TPSA) is 34.1 Å². The Bertz CT molecular complexity index is 1380. The van der Waals surface area contributed by atoms with Crippen molar-refractivity contribution in [1.29, 1.82) is 0 Å². The summed E-state index contributed by atoms with van der Waals surface area (Å²) in [6.45, 7) is 0.536. The van der Waals surface area contributed by atoms with Crippen LogP contribution in [0, 0.1) is 0 Å². The van der Waals surface area contributed by atoms with Crippen molar-refractivity contribution in [3.63, 3.8) is 0 Å². The number of halogens is 2. The molecule has 0 saturated carbocycles. The number of fused-ring (bicyclic) bond motifs is 3. The first-order valence-corrected chi connectivity index (χ1v) is 13.1. The van der Waals surface area contributed by atoms with Crippen LogP contribution in [0.15, 0.2) is 111 Å². The van der Waals surface area contributed by atoms with Gasteiger partial charge in [0.25, 0.3) is 0 Å². The van der Waals surface area contributed by atoms with E-state index in [0.29, 0.717) is 6.61 Å². The number of hydrogen-bond acceptors (Lipinski definition) is 4. The third-order valence-corrected chi connectivity index (χ3v) is 7.38. The van der Waals surface area contributed by atoms with Crippen molar-refractivity contribution in [1.82, 2.24) is 5.01 Å². The van der Waals surface area contributed by atoms with Gasteiger partial charge in [0.05, 0.1) is 16.2 Å². The van der Waals surface area contributed by atoms with E-state index in [1.165, 1.54) is 0 Å². The van der Waals surface area contributed by atoms with E-state index in [-0.39, 0.29) is 12.3 Å². The molecule has 6 heteroatoms. The number of ether oxygens (including phenoxy) is 2. The molecule has 0 saturated heterocycles. The Hall–Kier alpha value is -3.09. The summed E-state index contributed by atoms with van der Waals surface area (Å²) in [5.41, 5.74) is 5.50. The standard InChI is InChI=1S/C29H22Br2N2O2/c30-22-15-24-27-17-26(20-9-5-2-6-10-20)32-33(27)29(35-28(24)25(31)16-22)21-11-13-23(14-12-21)34-18-19-7-3-1-4-8-19/h1-16,27,29H,17-18H2. The molecule has 4 aromatic carbocycles. The van der Waals surface area contributed by atoms with Crippen LogP contribution in [0.4, 0.5) is 0 Å². The molecule has 0 N–H and O–H groups in total. The average molecular weight is 590 g/mol. The van der Waals surface area contributed by atoms with Crippen LogP contribution in [0.2, 0.25) is 0 Å².